The van der Waals surface area contributed by atoms with Crippen molar-refractivity contribution in [3.05, 3.63) is 48.4 Å². The van der Waals surface area contributed by atoms with Crippen molar-refractivity contribution in [3.63, 3.8) is 0 Å². The van der Waals surface area contributed by atoms with Crippen LogP contribution in [0.25, 0.3) is 11.4 Å². The number of carbonyl (C=O) groups excluding carboxylic acids is 1. The Balaban J connectivity index is 1.94. The van der Waals surface area contributed by atoms with Gasteiger partial charge in [-0.25, -0.2) is 0 Å². The summed E-state index contributed by atoms with van der Waals surface area (Å²) >= 11 is 0. The molecule has 2 aromatic rings. The minimum absolute atomic E-state index is 0.130. The summed E-state index contributed by atoms with van der Waals surface area (Å²) in [6, 6.07) is 6.51. The van der Waals surface area contributed by atoms with Crippen molar-refractivity contribution in [2.75, 3.05) is 0 Å². The van der Waals surface area contributed by atoms with Crippen LogP contribution in [-0.2, 0) is 17.4 Å². The van der Waals surface area contributed by atoms with Gasteiger partial charge in [0.1, 0.15) is 5.78 Å². The van der Waals surface area contributed by atoms with Crippen LogP contribution in [-0.4, -0.2) is 15.9 Å². The van der Waals surface area contributed by atoms with Crippen molar-refractivity contribution in [3.8, 4) is 11.4 Å². The number of alkyl halides is 3. The van der Waals surface area contributed by atoms with Crippen LogP contribution in [0.1, 0.15) is 37.1 Å². The minimum atomic E-state index is -4.66. The predicted molar refractivity (Wildman–Crippen MR) is 82.1 cm³/mol. The molecular formula is C17H17F3N2O2. The number of halogens is 3. The van der Waals surface area contributed by atoms with Crippen LogP contribution >= 0.6 is 0 Å². The predicted octanol–water partition coefficient (Wildman–Crippen LogP) is 4.61. The molecule has 4 nitrogen and oxygen atoms in total. The van der Waals surface area contributed by atoms with Gasteiger partial charge in [-0.2, -0.15) is 18.2 Å². The van der Waals surface area contributed by atoms with Crippen LogP contribution in [0.4, 0.5) is 13.2 Å². The highest BCUT2D eigenvalue weighted by Crippen LogP contribution is 2.29. The highest BCUT2D eigenvalue weighted by Gasteiger charge is 2.38. The average molecular weight is 338 g/mol. The first kappa shape index (κ1) is 17.9. The lowest BCUT2D eigenvalue weighted by atomic mass is 10.0. The molecule has 0 saturated heterocycles. The first-order valence-electron chi connectivity index (χ1n) is 7.53. The largest absolute Gasteiger partial charge is 0.471 e. The molecule has 0 N–H and O–H groups in total. The zero-order chi connectivity index (χ0) is 17.6. The highest BCUT2D eigenvalue weighted by molar-refractivity contribution is 5.81. The van der Waals surface area contributed by atoms with Crippen LogP contribution in [0, 0.1) is 0 Å². The Bertz CT molecular complexity index is 691. The van der Waals surface area contributed by atoms with Gasteiger partial charge in [-0.3, -0.25) is 4.79 Å². The summed E-state index contributed by atoms with van der Waals surface area (Å²) in [7, 11) is 0. The zero-order valence-corrected chi connectivity index (χ0v) is 13.0. The fourth-order valence-corrected chi connectivity index (χ4v) is 2.15. The maximum absolute atomic E-state index is 12.4. The number of hydrogen-bond acceptors (Lipinski definition) is 4. The fourth-order valence-electron chi connectivity index (χ4n) is 2.15. The molecule has 2 rings (SSSR count). The van der Waals surface area contributed by atoms with E-state index in [4.69, 9.17) is 0 Å². The van der Waals surface area contributed by atoms with Gasteiger partial charge in [-0.1, -0.05) is 35.5 Å². The second-order valence-corrected chi connectivity index (χ2v) is 5.37. The van der Waals surface area contributed by atoms with E-state index in [2.05, 4.69) is 21.2 Å². The molecule has 0 unspecified atom stereocenters. The number of Topliss-reactive ketones (excluding diaryl/α,β-unsaturated/α-hetero) is 1. The molecule has 0 spiro atoms. The number of carbonyl (C=O) groups is 1. The minimum Gasteiger partial charge on any atom is -0.329 e. The van der Waals surface area contributed by atoms with E-state index in [1.807, 2.05) is 6.08 Å². The van der Waals surface area contributed by atoms with Gasteiger partial charge in [0.05, 0.1) is 0 Å². The first-order chi connectivity index (χ1) is 11.4. The molecule has 1 heterocycles. The van der Waals surface area contributed by atoms with Crippen molar-refractivity contribution in [2.24, 2.45) is 0 Å². The third-order valence-corrected chi connectivity index (χ3v) is 3.40. The maximum Gasteiger partial charge on any atom is 0.471 e. The van der Waals surface area contributed by atoms with E-state index in [-0.39, 0.29) is 11.6 Å². The number of ketones is 1. The van der Waals surface area contributed by atoms with Gasteiger partial charge in [-0.15, -0.1) is 6.58 Å². The Morgan fingerprint density at radius 1 is 1.21 bits per heavy atom. The summed E-state index contributed by atoms with van der Waals surface area (Å²) in [4.78, 5) is 15.2. The van der Waals surface area contributed by atoms with Crippen LogP contribution in [0.2, 0.25) is 0 Å². The molecule has 0 saturated carbocycles. The van der Waals surface area contributed by atoms with Crippen molar-refractivity contribution < 1.29 is 22.5 Å². The molecule has 0 aliphatic carbocycles. The van der Waals surface area contributed by atoms with Crippen LogP contribution < -0.4 is 0 Å². The molecule has 1 aromatic heterocycles. The normalized spacial score (nSPS) is 11.5. The molecule has 0 aliphatic rings. The second kappa shape index (κ2) is 7.90. The number of nitrogens with zero attached hydrogens (tertiary/aromatic N) is 2. The Morgan fingerprint density at radius 3 is 2.50 bits per heavy atom. The molecule has 7 heteroatoms. The molecule has 0 radical (unpaired) electrons. The van der Waals surface area contributed by atoms with Gasteiger partial charge < -0.3 is 4.52 Å². The summed E-state index contributed by atoms with van der Waals surface area (Å²) in [6.45, 7) is 3.63. The third kappa shape index (κ3) is 5.04. The van der Waals surface area contributed by atoms with Crippen LogP contribution in [0.15, 0.2) is 41.4 Å². The Hall–Kier alpha value is -2.44. The first-order valence-corrected chi connectivity index (χ1v) is 7.53. The van der Waals surface area contributed by atoms with E-state index in [0.717, 1.165) is 24.8 Å². The molecule has 0 atom stereocenters. The lowest BCUT2D eigenvalue weighted by Crippen LogP contribution is -2.04. The van der Waals surface area contributed by atoms with Gasteiger partial charge >= 0.3 is 12.1 Å². The SMILES string of the molecule is C=CCCCCC(=O)Cc1ccc(-c2noc(C(F)(F)F)n2)cc1. The lowest BCUT2D eigenvalue weighted by molar-refractivity contribution is -0.159. The maximum atomic E-state index is 12.4. The molecule has 0 aliphatic heterocycles. The Morgan fingerprint density at radius 2 is 1.92 bits per heavy atom. The quantitative estimate of drug-likeness (QED) is 0.521. The third-order valence-electron chi connectivity index (χ3n) is 3.40. The van der Waals surface area contributed by atoms with Gasteiger partial charge in [0.15, 0.2) is 0 Å². The number of rotatable bonds is 8. The van der Waals surface area contributed by atoms with E-state index in [1.54, 1.807) is 24.3 Å². The van der Waals surface area contributed by atoms with E-state index in [0.29, 0.717) is 18.4 Å². The van der Waals surface area contributed by atoms with E-state index in [1.165, 1.54) is 0 Å². The molecule has 128 valence electrons. The molecule has 0 amide bonds. The summed E-state index contributed by atoms with van der Waals surface area (Å²) in [6.07, 6.45) is 0.629. The zero-order valence-electron chi connectivity index (χ0n) is 13.0. The van der Waals surface area contributed by atoms with Gasteiger partial charge in [-0.05, 0) is 24.8 Å². The Kier molecular flexibility index (Phi) is 5.89. The number of unbranched alkanes of at least 4 members (excludes halogenated alkanes) is 2. The van der Waals surface area contributed by atoms with Crippen LogP contribution in [0.5, 0.6) is 0 Å². The van der Waals surface area contributed by atoms with Crippen molar-refractivity contribution in [2.45, 2.75) is 38.3 Å². The fraction of sp³-hybridized carbons (Fsp3) is 0.353. The molecule has 24 heavy (non-hydrogen) atoms. The van der Waals surface area contributed by atoms with Gasteiger partial charge in [0.25, 0.3) is 0 Å². The van der Waals surface area contributed by atoms with Gasteiger partial charge in [0.2, 0.25) is 5.82 Å². The smallest absolute Gasteiger partial charge is 0.329 e. The highest BCUT2D eigenvalue weighted by atomic mass is 19.4. The van der Waals surface area contributed by atoms with Crippen molar-refractivity contribution >= 4 is 5.78 Å². The topological polar surface area (TPSA) is 56.0 Å². The molecule has 0 bridgehead atoms. The number of aromatic nitrogens is 2. The number of allylic oxidation sites excluding steroid dienone is 1. The number of hydrogen-bond donors (Lipinski definition) is 0. The lowest BCUT2D eigenvalue weighted by Gasteiger charge is -2.02. The summed E-state index contributed by atoms with van der Waals surface area (Å²) in [5.41, 5.74) is 1.20. The van der Waals surface area contributed by atoms with E-state index in [9.17, 15) is 18.0 Å². The molecule has 0 fully saturated rings. The summed E-state index contributed by atoms with van der Waals surface area (Å²) < 4.78 is 41.5. The molecular weight excluding hydrogens is 321 g/mol. The van der Waals surface area contributed by atoms with Crippen LogP contribution in [0.3, 0.4) is 0 Å². The van der Waals surface area contributed by atoms with E-state index >= 15 is 0 Å². The van der Waals surface area contributed by atoms with E-state index < -0.39 is 12.1 Å². The number of benzene rings is 1. The van der Waals surface area contributed by atoms with Crippen molar-refractivity contribution in [1.29, 1.82) is 0 Å². The average Bonchev–Trinajstić information content (AvgIpc) is 3.02. The standard InChI is InChI=1S/C17H17F3N2O2/c1-2-3-4-5-6-14(23)11-12-7-9-13(10-8-12)15-21-16(24-22-15)17(18,19)20/h2,7-10H,1,3-6,11H2. The summed E-state index contributed by atoms with van der Waals surface area (Å²) in [5.74, 6) is -1.38. The van der Waals surface area contributed by atoms with Crippen molar-refractivity contribution in [1.82, 2.24) is 10.1 Å². The van der Waals surface area contributed by atoms with Gasteiger partial charge in [0, 0.05) is 18.4 Å². The monoisotopic (exact) mass is 338 g/mol. The summed E-state index contributed by atoms with van der Waals surface area (Å²) in [5, 5.41) is 3.32. The molecule has 1 aromatic carbocycles. The second-order valence-electron chi connectivity index (χ2n) is 5.37. The Labute approximate surface area is 137 Å².